The van der Waals surface area contributed by atoms with Crippen LogP contribution in [0.15, 0.2) is 24.3 Å². The maximum Gasteiger partial charge on any atom is 0.246 e. The van der Waals surface area contributed by atoms with Crippen LogP contribution in [-0.4, -0.2) is 57.0 Å². The first-order chi connectivity index (χ1) is 11.9. The van der Waals surface area contributed by atoms with E-state index in [4.69, 9.17) is 0 Å². The van der Waals surface area contributed by atoms with Crippen LogP contribution < -0.4 is 10.2 Å². The number of piperidine rings is 1. The normalized spacial score (nSPS) is 18.8. The highest BCUT2D eigenvalue weighted by Crippen LogP contribution is 2.27. The van der Waals surface area contributed by atoms with Crippen molar-refractivity contribution in [3.8, 4) is 0 Å². The van der Waals surface area contributed by atoms with Crippen LogP contribution in [0, 0.1) is 5.92 Å². The minimum absolute atomic E-state index is 0.0283. The molecular weight excluding hydrogens is 342 g/mol. The number of sulfonamides is 1. The Morgan fingerprint density at radius 2 is 1.84 bits per heavy atom. The quantitative estimate of drug-likeness (QED) is 0.835. The van der Waals surface area contributed by atoms with Crippen molar-refractivity contribution in [3.05, 3.63) is 29.8 Å². The molecule has 0 radical (unpaired) electrons. The number of para-hydroxylation sites is 1. The smallest absolute Gasteiger partial charge is 0.246 e. The molecule has 3 rings (SSSR count). The summed E-state index contributed by atoms with van der Waals surface area (Å²) in [5.74, 6) is -0.530. The van der Waals surface area contributed by atoms with Gasteiger partial charge in [0.1, 0.15) is 0 Å². The Kier molecular flexibility index (Phi) is 5.10. The summed E-state index contributed by atoms with van der Waals surface area (Å²) in [6.07, 6.45) is 2.99. The van der Waals surface area contributed by atoms with Crippen molar-refractivity contribution in [1.82, 2.24) is 9.62 Å². The lowest BCUT2D eigenvalue weighted by molar-refractivity contribution is -0.128. The maximum absolute atomic E-state index is 12.4. The minimum atomic E-state index is -3.20. The summed E-state index contributed by atoms with van der Waals surface area (Å²) in [6, 6.07) is 7.79. The van der Waals surface area contributed by atoms with E-state index in [0.717, 1.165) is 17.7 Å². The van der Waals surface area contributed by atoms with Gasteiger partial charge in [-0.3, -0.25) is 9.59 Å². The average Bonchev–Trinajstić information content (AvgIpc) is 3.03. The van der Waals surface area contributed by atoms with Crippen LogP contribution in [0.4, 0.5) is 5.69 Å². The van der Waals surface area contributed by atoms with Crippen LogP contribution in [0.3, 0.4) is 0 Å². The van der Waals surface area contributed by atoms with E-state index in [0.29, 0.717) is 32.5 Å². The number of hydrogen-bond donors (Lipinski definition) is 1. The molecule has 1 aromatic carbocycles. The highest BCUT2D eigenvalue weighted by molar-refractivity contribution is 7.88. The van der Waals surface area contributed by atoms with Crippen molar-refractivity contribution in [3.63, 3.8) is 0 Å². The van der Waals surface area contributed by atoms with E-state index in [-0.39, 0.29) is 24.3 Å². The zero-order valence-corrected chi connectivity index (χ0v) is 15.1. The molecule has 2 aliphatic rings. The molecule has 136 valence electrons. The van der Waals surface area contributed by atoms with E-state index < -0.39 is 10.0 Å². The molecule has 1 aromatic rings. The van der Waals surface area contributed by atoms with E-state index in [2.05, 4.69) is 5.32 Å². The number of carbonyl (C=O) groups is 2. The highest BCUT2D eigenvalue weighted by Gasteiger charge is 2.30. The Labute approximate surface area is 148 Å². The second kappa shape index (κ2) is 7.13. The van der Waals surface area contributed by atoms with Crippen molar-refractivity contribution in [2.24, 2.45) is 5.92 Å². The summed E-state index contributed by atoms with van der Waals surface area (Å²) in [7, 11) is -3.20. The fourth-order valence-electron chi connectivity index (χ4n) is 3.45. The van der Waals surface area contributed by atoms with E-state index in [1.165, 1.54) is 10.6 Å². The van der Waals surface area contributed by atoms with Gasteiger partial charge in [0.25, 0.3) is 0 Å². The van der Waals surface area contributed by atoms with E-state index in [1.807, 2.05) is 24.3 Å². The Hall–Kier alpha value is -1.93. The van der Waals surface area contributed by atoms with E-state index in [1.54, 1.807) is 4.90 Å². The van der Waals surface area contributed by atoms with Crippen LogP contribution >= 0.6 is 0 Å². The molecule has 0 unspecified atom stereocenters. The van der Waals surface area contributed by atoms with Crippen molar-refractivity contribution in [1.29, 1.82) is 0 Å². The molecule has 0 spiro atoms. The molecule has 0 atom stereocenters. The van der Waals surface area contributed by atoms with Crippen molar-refractivity contribution in [2.75, 3.05) is 37.3 Å². The summed E-state index contributed by atoms with van der Waals surface area (Å²) in [6.45, 7) is 1.31. The highest BCUT2D eigenvalue weighted by atomic mass is 32.2. The van der Waals surface area contributed by atoms with Gasteiger partial charge in [-0.15, -0.1) is 0 Å². The molecule has 1 N–H and O–H groups in total. The summed E-state index contributed by atoms with van der Waals surface area (Å²) >= 11 is 0. The van der Waals surface area contributed by atoms with E-state index in [9.17, 15) is 18.0 Å². The number of anilines is 1. The molecule has 0 aliphatic carbocycles. The third kappa shape index (κ3) is 4.01. The topological polar surface area (TPSA) is 86.8 Å². The summed E-state index contributed by atoms with van der Waals surface area (Å²) in [4.78, 5) is 26.4. The van der Waals surface area contributed by atoms with Gasteiger partial charge >= 0.3 is 0 Å². The van der Waals surface area contributed by atoms with Crippen LogP contribution in [0.25, 0.3) is 0 Å². The van der Waals surface area contributed by atoms with Gasteiger partial charge in [-0.25, -0.2) is 12.7 Å². The number of amides is 2. The van der Waals surface area contributed by atoms with Crippen LogP contribution in [-0.2, 0) is 26.0 Å². The number of benzene rings is 1. The second-order valence-corrected chi connectivity index (χ2v) is 8.56. The zero-order chi connectivity index (χ0) is 18.0. The molecular formula is C17H23N3O4S. The average molecular weight is 365 g/mol. The maximum atomic E-state index is 12.4. The van der Waals surface area contributed by atoms with E-state index >= 15 is 0 Å². The third-order valence-electron chi connectivity index (χ3n) is 4.90. The van der Waals surface area contributed by atoms with Gasteiger partial charge in [0.2, 0.25) is 21.8 Å². The number of rotatable bonds is 4. The van der Waals surface area contributed by atoms with Gasteiger partial charge in [-0.05, 0) is 30.9 Å². The molecule has 1 saturated heterocycles. The van der Waals surface area contributed by atoms with Gasteiger partial charge in [0, 0.05) is 31.2 Å². The second-order valence-electron chi connectivity index (χ2n) is 6.58. The standard InChI is InChI=1S/C17H23N3O4S/c1-25(23,24)19-9-6-14(7-10-19)17(22)18-12-16(21)20-11-8-13-4-2-3-5-15(13)20/h2-5,14H,6-12H2,1H3,(H,18,22). The molecule has 2 heterocycles. The van der Waals surface area contributed by atoms with Gasteiger partial charge in [0.05, 0.1) is 12.8 Å². The Balaban J connectivity index is 1.49. The summed E-state index contributed by atoms with van der Waals surface area (Å²) in [5, 5.41) is 2.72. The number of nitrogens with one attached hydrogen (secondary N) is 1. The Bertz CT molecular complexity index is 770. The van der Waals surface area contributed by atoms with Crippen molar-refractivity contribution < 1.29 is 18.0 Å². The molecule has 2 aliphatic heterocycles. The minimum Gasteiger partial charge on any atom is -0.347 e. The monoisotopic (exact) mass is 365 g/mol. The van der Waals surface area contributed by atoms with Crippen molar-refractivity contribution >= 4 is 27.5 Å². The van der Waals surface area contributed by atoms with Gasteiger partial charge < -0.3 is 10.2 Å². The zero-order valence-electron chi connectivity index (χ0n) is 14.3. The van der Waals surface area contributed by atoms with Gasteiger partial charge in [-0.1, -0.05) is 18.2 Å². The summed E-state index contributed by atoms with van der Waals surface area (Å²) in [5.41, 5.74) is 2.07. The first-order valence-electron chi connectivity index (χ1n) is 8.47. The molecule has 1 fully saturated rings. The fraction of sp³-hybridized carbons (Fsp3) is 0.529. The third-order valence-corrected chi connectivity index (χ3v) is 6.20. The first-order valence-corrected chi connectivity index (χ1v) is 10.3. The first kappa shape index (κ1) is 17.9. The van der Waals surface area contributed by atoms with Crippen LogP contribution in [0.2, 0.25) is 0 Å². The largest absolute Gasteiger partial charge is 0.347 e. The van der Waals surface area contributed by atoms with Crippen molar-refractivity contribution in [2.45, 2.75) is 19.3 Å². The Morgan fingerprint density at radius 1 is 1.16 bits per heavy atom. The predicted octanol–water partition coefficient (Wildman–Crippen LogP) is 0.364. The molecule has 0 aromatic heterocycles. The lowest BCUT2D eigenvalue weighted by atomic mass is 9.97. The van der Waals surface area contributed by atoms with Crippen LogP contribution in [0.1, 0.15) is 18.4 Å². The lowest BCUT2D eigenvalue weighted by Crippen LogP contribution is -2.45. The number of hydrogen-bond acceptors (Lipinski definition) is 4. The molecule has 8 heteroatoms. The predicted molar refractivity (Wildman–Crippen MR) is 94.6 cm³/mol. The number of nitrogens with zero attached hydrogens (tertiary/aromatic N) is 2. The van der Waals surface area contributed by atoms with Gasteiger partial charge in [-0.2, -0.15) is 0 Å². The fourth-order valence-corrected chi connectivity index (χ4v) is 4.32. The van der Waals surface area contributed by atoms with Gasteiger partial charge in [0.15, 0.2) is 0 Å². The molecule has 0 bridgehead atoms. The van der Waals surface area contributed by atoms with Crippen LogP contribution in [0.5, 0.6) is 0 Å². The Morgan fingerprint density at radius 3 is 2.52 bits per heavy atom. The lowest BCUT2D eigenvalue weighted by Gasteiger charge is -2.29. The molecule has 25 heavy (non-hydrogen) atoms. The number of fused-ring (bicyclic) bond motifs is 1. The molecule has 2 amide bonds. The molecule has 7 nitrogen and oxygen atoms in total. The summed E-state index contributed by atoms with van der Waals surface area (Å²) < 4.78 is 24.4. The molecule has 0 saturated carbocycles. The SMILES string of the molecule is CS(=O)(=O)N1CCC(C(=O)NCC(=O)N2CCc3ccccc32)CC1. The number of carbonyl (C=O) groups excluding carboxylic acids is 2.